The van der Waals surface area contributed by atoms with Crippen LogP contribution in [0.5, 0.6) is 0 Å². The van der Waals surface area contributed by atoms with E-state index in [0.717, 1.165) is 17.5 Å². The van der Waals surface area contributed by atoms with E-state index in [1.165, 1.54) is 6.07 Å². The number of hydrogen-bond acceptors (Lipinski definition) is 2. The summed E-state index contributed by atoms with van der Waals surface area (Å²) < 4.78 is 13.7. The minimum Gasteiger partial charge on any atom is -0.352 e. The fourth-order valence-electron chi connectivity index (χ4n) is 2.57. The summed E-state index contributed by atoms with van der Waals surface area (Å²) in [6, 6.07) is 12.8. The van der Waals surface area contributed by atoms with Crippen molar-refractivity contribution in [3.05, 3.63) is 70.5 Å². The summed E-state index contributed by atoms with van der Waals surface area (Å²) in [5.41, 5.74) is 3.08. The molecular weight excluding hydrogens is 355 g/mol. The van der Waals surface area contributed by atoms with E-state index >= 15 is 0 Å². The first-order chi connectivity index (χ1) is 13.4. The summed E-state index contributed by atoms with van der Waals surface area (Å²) in [7, 11) is 1.68. The van der Waals surface area contributed by atoms with Crippen molar-refractivity contribution >= 4 is 11.9 Å². The van der Waals surface area contributed by atoms with Crippen LogP contribution in [0, 0.1) is 12.7 Å². The van der Waals surface area contributed by atoms with Crippen molar-refractivity contribution in [2.75, 3.05) is 7.05 Å². The number of benzene rings is 2. The van der Waals surface area contributed by atoms with Crippen molar-refractivity contribution in [1.82, 2.24) is 16.0 Å². The van der Waals surface area contributed by atoms with Gasteiger partial charge in [0.1, 0.15) is 5.82 Å². The average molecular weight is 384 g/mol. The number of nitrogens with zero attached hydrogens (tertiary/aromatic N) is 1. The van der Waals surface area contributed by atoms with E-state index in [4.69, 9.17) is 0 Å². The molecule has 1 unspecified atom stereocenters. The molecule has 0 fully saturated rings. The number of halogens is 1. The van der Waals surface area contributed by atoms with Crippen LogP contribution in [0.4, 0.5) is 4.39 Å². The maximum Gasteiger partial charge on any atom is 0.251 e. The molecule has 0 aliphatic carbocycles. The summed E-state index contributed by atoms with van der Waals surface area (Å²) in [4.78, 5) is 16.5. The number of amides is 1. The Balaban J connectivity index is 1.91. The second-order valence-corrected chi connectivity index (χ2v) is 6.85. The van der Waals surface area contributed by atoms with Crippen LogP contribution >= 0.6 is 0 Å². The van der Waals surface area contributed by atoms with Crippen LogP contribution in [0.2, 0.25) is 0 Å². The Morgan fingerprint density at radius 2 is 1.79 bits per heavy atom. The molecule has 0 saturated heterocycles. The van der Waals surface area contributed by atoms with E-state index in [1.54, 1.807) is 26.1 Å². The van der Waals surface area contributed by atoms with Gasteiger partial charge >= 0.3 is 0 Å². The van der Waals surface area contributed by atoms with Gasteiger partial charge in [-0.05, 0) is 55.2 Å². The number of nitrogens with one attached hydrogen (secondary N) is 3. The normalized spacial score (nSPS) is 12.4. The van der Waals surface area contributed by atoms with Gasteiger partial charge < -0.3 is 16.0 Å². The van der Waals surface area contributed by atoms with Gasteiger partial charge in [-0.25, -0.2) is 4.39 Å². The molecule has 0 heterocycles. The van der Waals surface area contributed by atoms with Gasteiger partial charge in [-0.2, -0.15) is 0 Å². The van der Waals surface area contributed by atoms with Gasteiger partial charge in [-0.3, -0.25) is 9.79 Å². The van der Waals surface area contributed by atoms with E-state index in [0.29, 0.717) is 30.2 Å². The lowest BCUT2D eigenvalue weighted by Gasteiger charge is -2.14. The van der Waals surface area contributed by atoms with E-state index in [-0.39, 0.29) is 17.8 Å². The van der Waals surface area contributed by atoms with Crippen molar-refractivity contribution in [2.45, 2.75) is 46.3 Å². The van der Waals surface area contributed by atoms with Crippen LogP contribution in [-0.2, 0) is 13.1 Å². The molecule has 1 atom stereocenters. The second kappa shape index (κ2) is 10.4. The van der Waals surface area contributed by atoms with E-state index in [9.17, 15) is 9.18 Å². The minimum atomic E-state index is -0.213. The van der Waals surface area contributed by atoms with Gasteiger partial charge in [0, 0.05) is 31.7 Å². The summed E-state index contributed by atoms with van der Waals surface area (Å²) in [6.45, 7) is 6.75. The predicted molar refractivity (Wildman–Crippen MR) is 112 cm³/mol. The van der Waals surface area contributed by atoms with Crippen LogP contribution in [0.15, 0.2) is 47.5 Å². The first-order valence-electron chi connectivity index (χ1n) is 9.52. The number of guanidine groups is 1. The molecule has 150 valence electrons. The Bertz CT molecular complexity index is 835. The van der Waals surface area contributed by atoms with Gasteiger partial charge in [-0.1, -0.05) is 31.2 Å². The fourth-order valence-corrected chi connectivity index (χ4v) is 2.57. The van der Waals surface area contributed by atoms with Gasteiger partial charge in [0.15, 0.2) is 5.96 Å². The third-order valence-corrected chi connectivity index (χ3v) is 4.56. The molecule has 28 heavy (non-hydrogen) atoms. The summed E-state index contributed by atoms with van der Waals surface area (Å²) >= 11 is 0. The number of carbonyl (C=O) groups is 1. The first kappa shape index (κ1) is 21.4. The number of carbonyl (C=O) groups excluding carboxylic acids is 1. The molecule has 0 radical (unpaired) electrons. The Morgan fingerprint density at radius 3 is 2.39 bits per heavy atom. The van der Waals surface area contributed by atoms with E-state index < -0.39 is 0 Å². The maximum atomic E-state index is 13.7. The third kappa shape index (κ3) is 6.37. The molecule has 0 saturated carbocycles. The lowest BCUT2D eigenvalue weighted by Crippen LogP contribution is -2.36. The first-order valence-corrected chi connectivity index (χ1v) is 9.52. The van der Waals surface area contributed by atoms with Gasteiger partial charge in [0.2, 0.25) is 0 Å². The molecular formula is C22H29FN4O. The quantitative estimate of drug-likeness (QED) is 0.505. The molecule has 0 aliphatic heterocycles. The summed E-state index contributed by atoms with van der Waals surface area (Å²) in [6.07, 6.45) is 0.889. The Morgan fingerprint density at radius 1 is 1.11 bits per heavy atom. The van der Waals surface area contributed by atoms with Crippen LogP contribution in [0.25, 0.3) is 0 Å². The zero-order valence-electron chi connectivity index (χ0n) is 17.0. The lowest BCUT2D eigenvalue weighted by atomic mass is 10.1. The molecule has 1 amide bonds. The molecule has 2 aromatic carbocycles. The highest BCUT2D eigenvalue weighted by atomic mass is 19.1. The molecule has 2 rings (SSSR count). The third-order valence-electron chi connectivity index (χ3n) is 4.56. The highest BCUT2D eigenvalue weighted by molar-refractivity contribution is 5.94. The monoisotopic (exact) mass is 384 g/mol. The zero-order valence-corrected chi connectivity index (χ0v) is 17.0. The largest absolute Gasteiger partial charge is 0.352 e. The minimum absolute atomic E-state index is 0.0693. The number of hydrogen-bond donors (Lipinski definition) is 3. The number of rotatable bonds is 7. The Hall–Kier alpha value is -2.89. The van der Waals surface area contributed by atoms with E-state index in [2.05, 4.69) is 20.9 Å². The topological polar surface area (TPSA) is 65.5 Å². The zero-order chi connectivity index (χ0) is 20.5. The summed E-state index contributed by atoms with van der Waals surface area (Å²) in [5.74, 6) is 0.324. The van der Waals surface area contributed by atoms with Crippen molar-refractivity contribution < 1.29 is 9.18 Å². The molecule has 6 heteroatoms. The van der Waals surface area contributed by atoms with Crippen molar-refractivity contribution in [3.8, 4) is 0 Å². The fraction of sp³-hybridized carbons (Fsp3) is 0.364. The van der Waals surface area contributed by atoms with Gasteiger partial charge in [-0.15, -0.1) is 0 Å². The Labute approximate surface area is 166 Å². The molecule has 0 aromatic heterocycles. The standard InChI is InChI=1S/C22H29FN4O/c1-5-16(3)27-21(28)19-8-6-7-17(11-19)13-25-22(24-4)26-14-18-10-9-15(2)20(23)12-18/h6-12,16H,5,13-14H2,1-4H3,(H,27,28)(H2,24,25,26). The maximum absolute atomic E-state index is 13.7. The molecule has 5 nitrogen and oxygen atoms in total. The van der Waals surface area contributed by atoms with Crippen molar-refractivity contribution in [3.63, 3.8) is 0 Å². The van der Waals surface area contributed by atoms with E-state index in [1.807, 2.05) is 38.1 Å². The lowest BCUT2D eigenvalue weighted by molar-refractivity contribution is 0.0939. The molecule has 0 spiro atoms. The highest BCUT2D eigenvalue weighted by Gasteiger charge is 2.09. The molecule has 0 aliphatic rings. The summed E-state index contributed by atoms with van der Waals surface area (Å²) in [5, 5.41) is 9.35. The highest BCUT2D eigenvalue weighted by Crippen LogP contribution is 2.09. The van der Waals surface area contributed by atoms with Crippen LogP contribution in [0.3, 0.4) is 0 Å². The molecule has 0 bridgehead atoms. The van der Waals surface area contributed by atoms with Crippen molar-refractivity contribution in [2.24, 2.45) is 4.99 Å². The van der Waals surface area contributed by atoms with Gasteiger partial charge in [0.25, 0.3) is 5.91 Å². The predicted octanol–water partition coefficient (Wildman–Crippen LogP) is 3.53. The van der Waals surface area contributed by atoms with Crippen molar-refractivity contribution in [1.29, 1.82) is 0 Å². The van der Waals surface area contributed by atoms with Crippen LogP contribution in [0.1, 0.15) is 47.3 Å². The second-order valence-electron chi connectivity index (χ2n) is 6.85. The number of aliphatic imine (C=N–C) groups is 1. The molecule has 2 aromatic rings. The van der Waals surface area contributed by atoms with Crippen LogP contribution in [-0.4, -0.2) is 25.0 Å². The Kier molecular flexibility index (Phi) is 7.99. The smallest absolute Gasteiger partial charge is 0.251 e. The van der Waals surface area contributed by atoms with Crippen LogP contribution < -0.4 is 16.0 Å². The SMILES string of the molecule is CCC(C)NC(=O)c1cccc(CNC(=NC)NCc2ccc(C)c(F)c2)c1. The molecule has 3 N–H and O–H groups in total. The average Bonchev–Trinajstić information content (AvgIpc) is 2.70. The number of aryl methyl sites for hydroxylation is 1. The van der Waals surface area contributed by atoms with Gasteiger partial charge in [0.05, 0.1) is 0 Å².